The number of carbonyl (C=O) groups excluding carboxylic acids is 1. The summed E-state index contributed by atoms with van der Waals surface area (Å²) < 4.78 is 32.8. The molecule has 138 valence electrons. The zero-order valence-electron chi connectivity index (χ0n) is 14.1. The summed E-state index contributed by atoms with van der Waals surface area (Å²) in [4.78, 5) is 16.0. The van der Waals surface area contributed by atoms with E-state index in [0.29, 0.717) is 13.1 Å². The normalized spacial score (nSPS) is 18.5. The number of nitrogens with zero attached hydrogens (tertiary/aromatic N) is 2. The molecule has 3 rings (SSSR count). The summed E-state index contributed by atoms with van der Waals surface area (Å²) in [6.45, 7) is 1.21. The molecule has 0 saturated carbocycles. The number of benzene rings is 1. The molecule has 26 heavy (non-hydrogen) atoms. The van der Waals surface area contributed by atoms with Crippen molar-refractivity contribution in [2.24, 2.45) is 0 Å². The minimum absolute atomic E-state index is 0.0413. The van der Waals surface area contributed by atoms with Crippen LogP contribution in [-0.2, 0) is 14.8 Å². The van der Waals surface area contributed by atoms with Crippen LogP contribution in [0.5, 0.6) is 0 Å². The monoisotopic (exact) mass is 395 g/mol. The molecule has 0 amide bonds. The molecule has 1 saturated heterocycles. The Labute approximate surface area is 157 Å². The van der Waals surface area contributed by atoms with E-state index < -0.39 is 22.0 Å². The van der Waals surface area contributed by atoms with Gasteiger partial charge in [0.25, 0.3) is 0 Å². The number of pyridine rings is 1. The number of halogens is 1. The fraction of sp³-hybridized carbons (Fsp3) is 0.294. The van der Waals surface area contributed by atoms with E-state index in [0.717, 1.165) is 5.56 Å². The molecule has 7 nitrogen and oxygen atoms in total. The number of rotatable bonds is 4. The first kappa shape index (κ1) is 18.8. The molecular weight excluding hydrogens is 378 g/mol. The van der Waals surface area contributed by atoms with E-state index in [-0.39, 0.29) is 22.0 Å². The number of ether oxygens (including phenoxy) is 1. The molecule has 1 N–H and O–H groups in total. The van der Waals surface area contributed by atoms with Gasteiger partial charge in [-0.25, -0.2) is 13.2 Å². The lowest BCUT2D eigenvalue weighted by Gasteiger charge is -2.35. The Morgan fingerprint density at radius 1 is 1.38 bits per heavy atom. The highest BCUT2D eigenvalue weighted by Crippen LogP contribution is 2.31. The Morgan fingerprint density at radius 3 is 2.88 bits per heavy atom. The van der Waals surface area contributed by atoms with Gasteiger partial charge in [0, 0.05) is 37.1 Å². The van der Waals surface area contributed by atoms with Gasteiger partial charge in [-0.1, -0.05) is 17.7 Å². The maximum Gasteiger partial charge on any atom is 0.339 e. The van der Waals surface area contributed by atoms with Crippen molar-refractivity contribution in [3.63, 3.8) is 0 Å². The fourth-order valence-electron chi connectivity index (χ4n) is 2.95. The van der Waals surface area contributed by atoms with Gasteiger partial charge in [0.15, 0.2) is 0 Å². The summed E-state index contributed by atoms with van der Waals surface area (Å²) in [5, 5.41) is 3.42. The van der Waals surface area contributed by atoms with Crippen LogP contribution in [-0.4, -0.2) is 50.4 Å². The van der Waals surface area contributed by atoms with Crippen LogP contribution >= 0.6 is 11.6 Å². The molecule has 1 aromatic carbocycles. The van der Waals surface area contributed by atoms with Gasteiger partial charge in [-0.15, -0.1) is 0 Å². The number of sulfonamides is 1. The largest absolute Gasteiger partial charge is 0.465 e. The standard InChI is InChI=1S/C17H18ClN3O4S/c1-25-17(22)14-5-4-13(18)9-16(14)26(23,24)21-8-7-20-11-15(21)12-3-2-6-19-10-12/h2-6,9-10,15,20H,7-8,11H2,1H3. The number of carbonyl (C=O) groups is 1. The van der Waals surface area contributed by atoms with Gasteiger partial charge in [-0.3, -0.25) is 4.98 Å². The predicted octanol–water partition coefficient (Wildman–Crippen LogP) is 1.86. The summed E-state index contributed by atoms with van der Waals surface area (Å²) in [7, 11) is -2.78. The van der Waals surface area contributed by atoms with Crippen LogP contribution in [0.4, 0.5) is 0 Å². The Bertz CT molecular complexity index is 905. The maximum atomic E-state index is 13.4. The predicted molar refractivity (Wildman–Crippen MR) is 96.5 cm³/mol. The van der Waals surface area contributed by atoms with E-state index in [1.807, 2.05) is 6.07 Å². The lowest BCUT2D eigenvalue weighted by molar-refractivity contribution is 0.0596. The molecule has 9 heteroatoms. The van der Waals surface area contributed by atoms with Gasteiger partial charge in [0.1, 0.15) is 0 Å². The van der Waals surface area contributed by atoms with Crippen LogP contribution in [0.15, 0.2) is 47.6 Å². The van der Waals surface area contributed by atoms with Crippen molar-refractivity contribution < 1.29 is 17.9 Å². The van der Waals surface area contributed by atoms with Crippen molar-refractivity contribution >= 4 is 27.6 Å². The number of methoxy groups -OCH3 is 1. The highest BCUT2D eigenvalue weighted by molar-refractivity contribution is 7.89. The van der Waals surface area contributed by atoms with Crippen LogP contribution in [0.1, 0.15) is 22.0 Å². The third-order valence-electron chi connectivity index (χ3n) is 4.20. The summed E-state index contributed by atoms with van der Waals surface area (Å²) in [5.41, 5.74) is 0.727. The average molecular weight is 396 g/mol. The zero-order valence-corrected chi connectivity index (χ0v) is 15.6. The van der Waals surface area contributed by atoms with Crippen molar-refractivity contribution in [3.05, 3.63) is 58.9 Å². The summed E-state index contributed by atoms with van der Waals surface area (Å²) in [5.74, 6) is -0.728. The van der Waals surface area contributed by atoms with E-state index >= 15 is 0 Å². The first-order valence-corrected chi connectivity index (χ1v) is 9.77. The van der Waals surface area contributed by atoms with Crippen LogP contribution in [0.2, 0.25) is 5.02 Å². The topological polar surface area (TPSA) is 88.6 Å². The Hall–Kier alpha value is -2.00. The average Bonchev–Trinajstić information content (AvgIpc) is 2.68. The van der Waals surface area contributed by atoms with Gasteiger partial charge >= 0.3 is 5.97 Å². The van der Waals surface area contributed by atoms with Crippen LogP contribution in [0.25, 0.3) is 0 Å². The number of aromatic nitrogens is 1. The maximum absolute atomic E-state index is 13.4. The van der Waals surface area contributed by atoms with Crippen molar-refractivity contribution in [3.8, 4) is 0 Å². The number of esters is 1. The molecule has 1 aliphatic rings. The Kier molecular flexibility index (Phi) is 5.57. The molecule has 1 unspecified atom stereocenters. The summed E-state index contributed by atoms with van der Waals surface area (Å²) in [6, 6.07) is 7.25. The molecule has 0 radical (unpaired) electrons. The Balaban J connectivity index is 2.09. The van der Waals surface area contributed by atoms with Crippen molar-refractivity contribution in [2.45, 2.75) is 10.9 Å². The first-order valence-electron chi connectivity index (χ1n) is 7.95. The number of hydrogen-bond donors (Lipinski definition) is 1. The number of nitrogens with one attached hydrogen (secondary N) is 1. The second kappa shape index (κ2) is 7.71. The van der Waals surface area contributed by atoms with Gasteiger partial charge in [0.2, 0.25) is 10.0 Å². The van der Waals surface area contributed by atoms with Gasteiger partial charge in [-0.2, -0.15) is 4.31 Å². The molecule has 0 spiro atoms. The molecule has 0 aliphatic carbocycles. The molecule has 2 aromatic rings. The molecule has 1 aromatic heterocycles. The SMILES string of the molecule is COC(=O)c1ccc(Cl)cc1S(=O)(=O)N1CCNCC1c1cccnc1. The third-order valence-corrected chi connectivity index (χ3v) is 6.38. The summed E-state index contributed by atoms with van der Waals surface area (Å²) >= 11 is 6.01. The van der Waals surface area contributed by atoms with E-state index in [9.17, 15) is 13.2 Å². The van der Waals surface area contributed by atoms with Crippen LogP contribution in [0.3, 0.4) is 0 Å². The molecule has 1 atom stereocenters. The number of piperazine rings is 1. The Morgan fingerprint density at radius 2 is 2.19 bits per heavy atom. The fourth-order valence-corrected chi connectivity index (χ4v) is 5.00. The van der Waals surface area contributed by atoms with Crippen molar-refractivity contribution in [1.82, 2.24) is 14.6 Å². The smallest absolute Gasteiger partial charge is 0.339 e. The second-order valence-electron chi connectivity index (χ2n) is 5.75. The van der Waals surface area contributed by atoms with Crippen LogP contribution < -0.4 is 5.32 Å². The number of hydrogen-bond acceptors (Lipinski definition) is 6. The van der Waals surface area contributed by atoms with Gasteiger partial charge < -0.3 is 10.1 Å². The van der Waals surface area contributed by atoms with Crippen LogP contribution in [0, 0.1) is 0 Å². The first-order chi connectivity index (χ1) is 12.4. The van der Waals surface area contributed by atoms with Crippen molar-refractivity contribution in [2.75, 3.05) is 26.7 Å². The summed E-state index contributed by atoms with van der Waals surface area (Å²) in [6.07, 6.45) is 3.27. The third kappa shape index (κ3) is 3.59. The molecule has 2 heterocycles. The quantitative estimate of drug-likeness (QED) is 0.795. The van der Waals surface area contributed by atoms with E-state index in [2.05, 4.69) is 10.3 Å². The lowest BCUT2D eigenvalue weighted by atomic mass is 10.1. The molecule has 1 aliphatic heterocycles. The lowest BCUT2D eigenvalue weighted by Crippen LogP contribution is -2.48. The van der Waals surface area contributed by atoms with Gasteiger partial charge in [0.05, 0.1) is 23.6 Å². The minimum Gasteiger partial charge on any atom is -0.465 e. The zero-order chi connectivity index (χ0) is 18.7. The van der Waals surface area contributed by atoms with Crippen molar-refractivity contribution in [1.29, 1.82) is 0 Å². The molecule has 0 bridgehead atoms. The highest BCUT2D eigenvalue weighted by Gasteiger charge is 2.37. The van der Waals surface area contributed by atoms with Gasteiger partial charge in [-0.05, 0) is 29.8 Å². The van der Waals surface area contributed by atoms with E-state index in [1.165, 1.54) is 29.6 Å². The molecular formula is C17H18ClN3O4S. The molecule has 1 fully saturated rings. The minimum atomic E-state index is -3.99. The second-order valence-corrected chi connectivity index (χ2v) is 8.05. The van der Waals surface area contributed by atoms with E-state index in [4.69, 9.17) is 16.3 Å². The van der Waals surface area contributed by atoms with E-state index in [1.54, 1.807) is 18.5 Å². The highest BCUT2D eigenvalue weighted by atomic mass is 35.5.